The minimum atomic E-state index is -0.462. The molecule has 0 atom stereocenters. The van der Waals surface area contributed by atoms with Gasteiger partial charge in [-0.05, 0) is 0 Å². The number of benzene rings is 9. The molecule has 0 aliphatic carbocycles. The Kier molecular flexibility index (Phi) is 23.6. The Labute approximate surface area is 428 Å². The molecule has 0 saturated heterocycles. The summed E-state index contributed by atoms with van der Waals surface area (Å²) in [5.74, 6) is 0. The van der Waals surface area contributed by atoms with E-state index in [0.717, 1.165) is 0 Å². The average Bonchev–Trinajstić information content (AvgIpc) is 3.30. The second-order valence-corrected chi connectivity index (χ2v) is 24.2. The fourth-order valence-corrected chi connectivity index (χ4v) is 16.2. The number of hydrogen-bond acceptors (Lipinski definition) is 0. The Bertz CT molecular complexity index is 2240. The molecule has 0 saturated carbocycles. The van der Waals surface area contributed by atoms with Crippen molar-refractivity contribution < 1.29 is 93.9 Å². The first-order valence-electron chi connectivity index (χ1n) is 19.4. The van der Waals surface area contributed by atoms with Crippen LogP contribution in [0.25, 0.3) is 0 Å². The van der Waals surface area contributed by atoms with Crippen molar-refractivity contribution in [2.45, 2.75) is 0 Å². The first kappa shape index (κ1) is 52.7. The van der Waals surface area contributed by atoms with Crippen molar-refractivity contribution in [3.05, 3.63) is 255 Å². The molecule has 0 fully saturated rings. The van der Waals surface area contributed by atoms with Crippen LogP contribution in [0.3, 0.4) is 0 Å². The van der Waals surface area contributed by atoms with Gasteiger partial charge in [-0.3, -0.25) is 0 Å². The maximum absolute atomic E-state index is 2.31. The molecule has 0 spiro atoms. The molecule has 9 rings (SSSR count). The molecule has 0 heterocycles. The Hall–Kier alpha value is -2.91. The fourth-order valence-electron chi connectivity index (χ4n) is 6.62. The van der Waals surface area contributed by atoms with Crippen LogP contribution in [0, 0.1) is 0 Å². The minimum absolute atomic E-state index is 0. The van der Waals surface area contributed by atoms with Gasteiger partial charge in [0.25, 0.3) is 0 Å². The quantitative estimate of drug-likeness (QED) is 0.161. The molecule has 0 radical (unpaired) electrons. The molecule has 9 heteroatoms. The normalized spacial score (nSPS) is 10.2. The van der Waals surface area contributed by atoms with Crippen LogP contribution in [0.1, 0.15) is 0 Å². The summed E-state index contributed by atoms with van der Waals surface area (Å²) in [6.07, 6.45) is 0. The molecule has 9 aromatic rings. The predicted molar refractivity (Wildman–Crippen MR) is 254 cm³/mol. The zero-order chi connectivity index (χ0) is 41.4. The van der Waals surface area contributed by atoms with E-state index in [4.69, 9.17) is 0 Å². The third-order valence-corrected chi connectivity index (χ3v) is 18.7. The van der Waals surface area contributed by atoms with E-state index in [2.05, 4.69) is 311 Å². The van der Waals surface area contributed by atoms with Gasteiger partial charge < -0.3 is 37.2 Å². The van der Waals surface area contributed by atoms with E-state index in [1.54, 1.807) is 0 Å². The SMILES string of the molecule is [Cl-].[Cl-].[Cl-].[Ir+][c]1cccc(P(c2ccccc2)c2ccccc2)c1.[Ir+][c]1cccc(P(c2ccccc2)c2ccccc2)c1.[Ir+][c]1cccc(P(c2ccccc2)c2ccccc2)c1. The van der Waals surface area contributed by atoms with Gasteiger partial charge in [-0.25, -0.2) is 0 Å². The van der Waals surface area contributed by atoms with Crippen LogP contribution in [0.15, 0.2) is 255 Å². The summed E-state index contributed by atoms with van der Waals surface area (Å²) in [6, 6.07) is 91.5. The Morgan fingerprint density at radius 1 is 0.190 bits per heavy atom. The van der Waals surface area contributed by atoms with Crippen molar-refractivity contribution in [2.24, 2.45) is 0 Å². The monoisotopic (exact) mass is 1470 g/mol. The van der Waals surface area contributed by atoms with Gasteiger partial charge >= 0.3 is 395 Å². The summed E-state index contributed by atoms with van der Waals surface area (Å²) in [7, 11) is -1.39. The summed E-state index contributed by atoms with van der Waals surface area (Å²) in [5, 5.41) is 12.7. The predicted octanol–water partition coefficient (Wildman–Crippen LogP) is -1.14. The van der Waals surface area contributed by atoms with E-state index in [9.17, 15) is 0 Å². The Morgan fingerprint density at radius 2 is 0.349 bits per heavy atom. The first-order valence-corrected chi connectivity index (χ1v) is 27.1. The van der Waals surface area contributed by atoms with Crippen LogP contribution in [0.4, 0.5) is 0 Å². The van der Waals surface area contributed by atoms with E-state index >= 15 is 0 Å². The van der Waals surface area contributed by atoms with Gasteiger partial charge in [0.2, 0.25) is 0 Å². The average molecular weight is 1470 g/mol. The van der Waals surface area contributed by atoms with E-state index in [1.807, 2.05) is 0 Å². The van der Waals surface area contributed by atoms with E-state index in [0.29, 0.717) is 0 Å². The van der Waals surface area contributed by atoms with Gasteiger partial charge in [-0.1, -0.05) is 0 Å². The van der Waals surface area contributed by atoms with Crippen molar-refractivity contribution in [3.8, 4) is 0 Å². The van der Waals surface area contributed by atoms with E-state index in [-0.39, 0.29) is 37.2 Å². The van der Waals surface area contributed by atoms with Crippen molar-refractivity contribution >= 4 is 83.7 Å². The van der Waals surface area contributed by atoms with Gasteiger partial charge in [-0.15, -0.1) is 0 Å². The van der Waals surface area contributed by atoms with Gasteiger partial charge in [0.05, 0.1) is 0 Å². The maximum atomic E-state index is 2.31. The summed E-state index contributed by atoms with van der Waals surface area (Å²) in [4.78, 5) is 0. The van der Waals surface area contributed by atoms with Crippen LogP contribution in [0.2, 0.25) is 0 Å². The second kappa shape index (κ2) is 28.2. The standard InChI is InChI=1S/3C18H14P.3ClH.3Ir/c3*1-4-10-16(11-5-1)19(17-12-6-2-7-13-17)18-14-8-3-9-15-18;;;;;;/h3*1-8,10-15H;3*1H;;;/q;;;;;;3*+1/p-3. The molecule has 9 aromatic carbocycles. The summed E-state index contributed by atoms with van der Waals surface area (Å²) < 4.78 is 3.96. The van der Waals surface area contributed by atoms with Gasteiger partial charge in [0.15, 0.2) is 0 Å². The molecule has 0 aliphatic rings. The third kappa shape index (κ3) is 15.6. The zero-order valence-corrected chi connectivity index (χ0v) is 45.9. The molecule has 321 valence electrons. The Morgan fingerprint density at radius 3 is 0.508 bits per heavy atom. The summed E-state index contributed by atoms with van der Waals surface area (Å²) in [6.45, 7) is 0. The fraction of sp³-hybridized carbons (Fsp3) is 0. The van der Waals surface area contributed by atoms with E-state index in [1.165, 1.54) is 60.0 Å². The zero-order valence-electron chi connectivity index (χ0n) is 33.7. The molecule has 0 aromatic heterocycles. The van der Waals surface area contributed by atoms with Crippen LogP contribution in [0.5, 0.6) is 0 Å². The van der Waals surface area contributed by atoms with Crippen LogP contribution in [-0.2, 0) is 56.7 Å². The molecule has 0 N–H and O–H groups in total. The molecule has 0 amide bonds. The van der Waals surface area contributed by atoms with Crippen LogP contribution in [-0.4, -0.2) is 0 Å². The molecule has 0 bridgehead atoms. The number of hydrogen-bond donors (Lipinski definition) is 0. The topological polar surface area (TPSA) is 0 Å². The van der Waals surface area contributed by atoms with Crippen LogP contribution < -0.4 is 97.2 Å². The van der Waals surface area contributed by atoms with Crippen molar-refractivity contribution in [1.29, 1.82) is 0 Å². The van der Waals surface area contributed by atoms with Crippen molar-refractivity contribution in [1.82, 2.24) is 0 Å². The van der Waals surface area contributed by atoms with Crippen molar-refractivity contribution in [3.63, 3.8) is 0 Å². The molecule has 63 heavy (non-hydrogen) atoms. The molecule has 0 unspecified atom stereocenters. The van der Waals surface area contributed by atoms with Crippen molar-refractivity contribution in [2.75, 3.05) is 0 Å². The molecular weight excluding hydrogens is 1420 g/mol. The van der Waals surface area contributed by atoms with Gasteiger partial charge in [0, 0.05) is 0 Å². The first-order chi connectivity index (χ1) is 29.5. The third-order valence-electron chi connectivity index (χ3n) is 9.24. The summed E-state index contributed by atoms with van der Waals surface area (Å²) >= 11 is 6.48. The van der Waals surface area contributed by atoms with Gasteiger partial charge in [-0.2, -0.15) is 0 Å². The number of rotatable bonds is 9. The number of halogens is 3. The summed E-state index contributed by atoms with van der Waals surface area (Å²) in [5.41, 5.74) is 0. The van der Waals surface area contributed by atoms with Gasteiger partial charge in [0.1, 0.15) is 0 Å². The molecule has 0 nitrogen and oxygen atoms in total. The second-order valence-electron chi connectivity index (χ2n) is 13.4. The Balaban J connectivity index is 0.000000203. The van der Waals surface area contributed by atoms with E-state index < -0.39 is 23.8 Å². The molecule has 0 aliphatic heterocycles. The van der Waals surface area contributed by atoms with Crippen LogP contribution >= 0.6 is 23.8 Å². The molecular formula is C54H42Cl3Ir3P3.